The summed E-state index contributed by atoms with van der Waals surface area (Å²) in [5, 5.41) is 24.7. The van der Waals surface area contributed by atoms with Crippen LogP contribution in [-0.4, -0.2) is 43.9 Å². The highest BCUT2D eigenvalue weighted by atomic mass is 16.4. The van der Waals surface area contributed by atoms with Gasteiger partial charge in [0.1, 0.15) is 0 Å². The van der Waals surface area contributed by atoms with Crippen LogP contribution in [0.2, 0.25) is 0 Å². The van der Waals surface area contributed by atoms with E-state index in [4.69, 9.17) is 0 Å². The molecule has 228 valence electrons. The molecule has 10 heteroatoms. The van der Waals surface area contributed by atoms with Crippen molar-refractivity contribution in [1.82, 2.24) is 20.6 Å². The van der Waals surface area contributed by atoms with Crippen molar-refractivity contribution >= 4 is 35.9 Å². The Bertz CT molecular complexity index is 1640. The molecule has 0 saturated carbocycles. The Balaban J connectivity index is 1.79. The number of allylic oxidation sites excluding steroid dienone is 2. The Kier molecular flexibility index (Phi) is 9.27. The molecule has 0 unspecified atom stereocenters. The van der Waals surface area contributed by atoms with Gasteiger partial charge in [-0.3, -0.25) is 19.2 Å². The summed E-state index contributed by atoms with van der Waals surface area (Å²) >= 11 is 0. The van der Waals surface area contributed by atoms with E-state index in [9.17, 15) is 29.4 Å². The minimum atomic E-state index is -0.900. The van der Waals surface area contributed by atoms with Gasteiger partial charge in [0.15, 0.2) is 0 Å². The minimum Gasteiger partial charge on any atom is -0.481 e. The van der Waals surface area contributed by atoms with E-state index in [1.165, 1.54) is 0 Å². The number of carbonyl (C=O) groups is 4. The fraction of sp³-hybridized carbons (Fsp3) is 0.394. The van der Waals surface area contributed by atoms with Gasteiger partial charge in [0.2, 0.25) is 0 Å². The van der Waals surface area contributed by atoms with Crippen LogP contribution in [0.5, 0.6) is 0 Å². The lowest BCUT2D eigenvalue weighted by Crippen LogP contribution is -2.15. The molecular weight excluding hydrogens is 548 g/mol. The van der Waals surface area contributed by atoms with E-state index in [1.54, 1.807) is 13.8 Å². The molecule has 4 heterocycles. The van der Waals surface area contributed by atoms with E-state index in [-0.39, 0.29) is 24.7 Å². The first kappa shape index (κ1) is 31.3. The van der Waals surface area contributed by atoms with Crippen LogP contribution in [0.4, 0.5) is 0 Å². The van der Waals surface area contributed by atoms with Crippen LogP contribution in [0.3, 0.4) is 0 Å². The number of nitrogens with one attached hydrogen (secondary N) is 4. The van der Waals surface area contributed by atoms with Gasteiger partial charge >= 0.3 is 11.9 Å². The van der Waals surface area contributed by atoms with Crippen molar-refractivity contribution < 1.29 is 29.4 Å². The van der Waals surface area contributed by atoms with Crippen LogP contribution in [0.15, 0.2) is 33.7 Å². The maximum Gasteiger partial charge on any atom is 0.303 e. The minimum absolute atomic E-state index is 0.0340. The van der Waals surface area contributed by atoms with E-state index in [0.29, 0.717) is 48.9 Å². The second-order valence-electron chi connectivity index (χ2n) is 11.1. The Labute approximate surface area is 251 Å². The van der Waals surface area contributed by atoms with Crippen molar-refractivity contribution in [2.24, 2.45) is 0 Å². The van der Waals surface area contributed by atoms with E-state index in [0.717, 1.165) is 61.9 Å². The number of aromatic amines is 2. The number of carboxylic acid groups (broad SMARTS) is 2. The van der Waals surface area contributed by atoms with Gasteiger partial charge in [-0.1, -0.05) is 13.8 Å². The zero-order chi connectivity index (χ0) is 31.6. The monoisotopic (exact) mass is 588 g/mol. The molecule has 2 aromatic heterocycles. The molecule has 0 atom stereocenters. The molecule has 0 aromatic carbocycles. The van der Waals surface area contributed by atoms with Crippen molar-refractivity contribution in [2.45, 2.75) is 86.5 Å². The average Bonchev–Trinajstić information content (AvgIpc) is 3.59. The number of rotatable bonds is 12. The second-order valence-corrected chi connectivity index (χ2v) is 11.1. The number of hydrogen-bond donors (Lipinski definition) is 6. The van der Waals surface area contributed by atoms with Crippen LogP contribution >= 0.6 is 0 Å². The van der Waals surface area contributed by atoms with Crippen LogP contribution in [0.25, 0.3) is 12.2 Å². The van der Waals surface area contributed by atoms with Gasteiger partial charge in [-0.05, 0) is 98.9 Å². The Morgan fingerprint density at radius 1 is 0.674 bits per heavy atom. The van der Waals surface area contributed by atoms with E-state index < -0.39 is 11.9 Å². The van der Waals surface area contributed by atoms with Gasteiger partial charge < -0.3 is 30.8 Å². The molecular formula is C33H40N4O6. The largest absolute Gasteiger partial charge is 0.481 e. The second kappa shape index (κ2) is 12.7. The van der Waals surface area contributed by atoms with Crippen LogP contribution in [0.1, 0.15) is 98.4 Å². The number of carbonyl (C=O) groups excluding carboxylic acids is 2. The molecule has 0 fully saturated rings. The molecule has 4 rings (SSSR count). The molecule has 0 saturated heterocycles. The summed E-state index contributed by atoms with van der Waals surface area (Å²) in [5.41, 5.74) is 11.5. The van der Waals surface area contributed by atoms with Gasteiger partial charge in [0, 0.05) is 64.6 Å². The molecule has 6 N–H and O–H groups in total. The predicted molar refractivity (Wildman–Crippen MR) is 164 cm³/mol. The molecule has 0 radical (unpaired) electrons. The standard InChI is InChI=1S/C33H40N4O6/c1-7-20-18(5)32(42)36-26(20)13-24-16(3)22(9-11-30(38)39)28(34-24)14-25-17(4)23(10-12-31(40)41)29(35-25)15-27-21(8-2)19(6)33(43)37-27/h13,15,34-35H,7-12,14H2,1-6H3,(H,36,42)(H,37,43)(H,38,39)(H,40,41)/b26-13-,27-15-. The third-order valence-electron chi connectivity index (χ3n) is 8.57. The quantitative estimate of drug-likeness (QED) is 0.205. The lowest BCUT2D eigenvalue weighted by molar-refractivity contribution is -0.138. The van der Waals surface area contributed by atoms with Crippen molar-refractivity contribution in [1.29, 1.82) is 0 Å². The summed E-state index contributed by atoms with van der Waals surface area (Å²) in [7, 11) is 0. The first-order valence-electron chi connectivity index (χ1n) is 14.7. The van der Waals surface area contributed by atoms with Crippen LogP contribution in [0, 0.1) is 13.8 Å². The smallest absolute Gasteiger partial charge is 0.303 e. The fourth-order valence-corrected chi connectivity index (χ4v) is 6.04. The first-order valence-corrected chi connectivity index (χ1v) is 14.7. The summed E-state index contributed by atoms with van der Waals surface area (Å²) in [4.78, 5) is 54.7. The summed E-state index contributed by atoms with van der Waals surface area (Å²) in [6.07, 6.45) is 6.16. The predicted octanol–water partition coefficient (Wildman–Crippen LogP) is 4.98. The van der Waals surface area contributed by atoms with Crippen LogP contribution in [-0.2, 0) is 38.4 Å². The number of H-pyrrole nitrogens is 2. The van der Waals surface area contributed by atoms with Gasteiger partial charge in [0.25, 0.3) is 11.8 Å². The molecule has 2 aliphatic rings. The fourth-order valence-electron chi connectivity index (χ4n) is 6.04. The van der Waals surface area contributed by atoms with Crippen LogP contribution < -0.4 is 10.6 Å². The van der Waals surface area contributed by atoms with Crippen molar-refractivity contribution in [2.75, 3.05) is 0 Å². The average molecular weight is 589 g/mol. The van der Waals surface area contributed by atoms with Crippen molar-refractivity contribution in [3.63, 3.8) is 0 Å². The van der Waals surface area contributed by atoms with E-state index in [2.05, 4.69) is 20.6 Å². The van der Waals surface area contributed by atoms with E-state index in [1.807, 2.05) is 39.8 Å². The maximum absolute atomic E-state index is 12.4. The zero-order valence-electron chi connectivity index (χ0n) is 25.6. The normalized spacial score (nSPS) is 17.1. The van der Waals surface area contributed by atoms with Gasteiger partial charge in [-0.25, -0.2) is 0 Å². The SMILES string of the molecule is CCC1=C(C)C(=O)N/C1=C\c1[nH]c(Cc2[nH]c(/C=C3\NC(=O)C(C)=C3CC)c(CCC(=O)O)c2C)c(CCC(=O)O)c1C. The third-order valence-corrected chi connectivity index (χ3v) is 8.57. The molecule has 0 spiro atoms. The maximum atomic E-state index is 12.4. The zero-order valence-corrected chi connectivity index (χ0v) is 25.6. The summed E-state index contributed by atoms with van der Waals surface area (Å²) in [6.45, 7) is 11.5. The highest BCUT2D eigenvalue weighted by molar-refractivity contribution is 6.01. The Morgan fingerprint density at radius 3 is 1.63 bits per heavy atom. The lowest BCUT2D eigenvalue weighted by atomic mass is 9.98. The lowest BCUT2D eigenvalue weighted by Gasteiger charge is -2.06. The molecule has 10 nitrogen and oxygen atoms in total. The number of aliphatic carboxylic acids is 2. The van der Waals surface area contributed by atoms with Gasteiger partial charge in [0.05, 0.1) is 0 Å². The number of amides is 2. The molecule has 0 bridgehead atoms. The summed E-state index contributed by atoms with van der Waals surface area (Å²) < 4.78 is 0. The molecule has 0 aliphatic carbocycles. The van der Waals surface area contributed by atoms with Crippen molar-refractivity contribution in [3.05, 3.63) is 78.7 Å². The van der Waals surface area contributed by atoms with Gasteiger partial charge in [-0.2, -0.15) is 0 Å². The summed E-state index contributed by atoms with van der Waals surface area (Å²) in [6, 6.07) is 0. The summed E-state index contributed by atoms with van der Waals surface area (Å²) in [5.74, 6) is -2.05. The molecule has 2 aliphatic heterocycles. The molecule has 2 aromatic rings. The number of aromatic nitrogens is 2. The highest BCUT2D eigenvalue weighted by Gasteiger charge is 2.26. The number of hydrogen-bond acceptors (Lipinski definition) is 4. The highest BCUT2D eigenvalue weighted by Crippen LogP contribution is 2.32. The third kappa shape index (κ3) is 6.43. The number of carboxylic acids is 2. The van der Waals surface area contributed by atoms with Crippen molar-refractivity contribution in [3.8, 4) is 0 Å². The van der Waals surface area contributed by atoms with Gasteiger partial charge in [-0.15, -0.1) is 0 Å². The Morgan fingerprint density at radius 2 is 1.14 bits per heavy atom. The Hall–Kier alpha value is -4.60. The first-order chi connectivity index (χ1) is 20.4. The topological polar surface area (TPSA) is 164 Å². The molecule has 2 amide bonds. The molecule has 43 heavy (non-hydrogen) atoms. The van der Waals surface area contributed by atoms with E-state index >= 15 is 0 Å².